The molecule has 2 heterocycles. The number of halogens is 1. The van der Waals surface area contributed by atoms with Crippen molar-refractivity contribution >= 4 is 33.3 Å². The minimum Gasteiger partial charge on any atom is -0.454 e. The maximum Gasteiger partial charge on any atom is 0.315 e. The number of rotatable bonds is 5. The lowest BCUT2D eigenvalue weighted by Crippen LogP contribution is -2.36. The van der Waals surface area contributed by atoms with Crippen LogP contribution >= 0.6 is 27.3 Å². The molecule has 0 spiro atoms. The number of carbonyl (C=O) groups excluding carboxylic acids is 1. The summed E-state index contributed by atoms with van der Waals surface area (Å²) in [5.74, 6) is 1.54. The molecule has 2 N–H and O–H groups in total. The largest absolute Gasteiger partial charge is 0.454 e. The van der Waals surface area contributed by atoms with Crippen molar-refractivity contribution in [2.45, 2.75) is 13.0 Å². The predicted molar refractivity (Wildman–Crippen MR) is 88.5 cm³/mol. The third kappa shape index (κ3) is 3.92. The second kappa shape index (κ2) is 7.02. The third-order valence-corrected chi connectivity index (χ3v) is 4.81. The molecule has 0 saturated carbocycles. The van der Waals surface area contributed by atoms with Crippen LogP contribution in [0.1, 0.15) is 10.4 Å². The first-order valence-electron chi connectivity index (χ1n) is 6.85. The first-order valence-corrected chi connectivity index (χ1v) is 8.46. The molecule has 0 bridgehead atoms. The molecule has 0 atom stereocenters. The van der Waals surface area contributed by atoms with Crippen molar-refractivity contribution < 1.29 is 14.3 Å². The summed E-state index contributed by atoms with van der Waals surface area (Å²) in [7, 11) is 0. The summed E-state index contributed by atoms with van der Waals surface area (Å²) in [5.41, 5.74) is 1.10. The molecule has 0 radical (unpaired) electrons. The Hall–Kier alpha value is -1.73. The molecular weight excluding hydrogens is 368 g/mol. The van der Waals surface area contributed by atoms with Crippen molar-refractivity contribution in [2.75, 3.05) is 13.3 Å². The lowest BCUT2D eigenvalue weighted by atomic mass is 10.1. The van der Waals surface area contributed by atoms with E-state index in [0.717, 1.165) is 32.1 Å². The van der Waals surface area contributed by atoms with Gasteiger partial charge in [0.25, 0.3) is 0 Å². The monoisotopic (exact) mass is 382 g/mol. The predicted octanol–water partition coefficient (Wildman–Crippen LogP) is 3.28. The highest BCUT2D eigenvalue weighted by molar-refractivity contribution is 9.11. The molecule has 7 heteroatoms. The molecule has 22 heavy (non-hydrogen) atoms. The van der Waals surface area contributed by atoms with Gasteiger partial charge < -0.3 is 20.1 Å². The fourth-order valence-electron chi connectivity index (χ4n) is 2.09. The zero-order valence-corrected chi connectivity index (χ0v) is 14.1. The van der Waals surface area contributed by atoms with Crippen LogP contribution in [0.4, 0.5) is 4.79 Å². The van der Waals surface area contributed by atoms with Gasteiger partial charge in [-0.05, 0) is 52.2 Å². The molecule has 1 aliphatic heterocycles. The molecule has 1 aliphatic rings. The van der Waals surface area contributed by atoms with Gasteiger partial charge in [-0.25, -0.2) is 4.79 Å². The highest BCUT2D eigenvalue weighted by atomic mass is 79.9. The van der Waals surface area contributed by atoms with Crippen molar-refractivity contribution in [3.05, 3.63) is 44.6 Å². The third-order valence-electron chi connectivity index (χ3n) is 3.19. The molecular formula is C15H15BrN2O3S. The Morgan fingerprint density at radius 2 is 2.05 bits per heavy atom. The molecule has 116 valence electrons. The van der Waals surface area contributed by atoms with Crippen molar-refractivity contribution in [3.63, 3.8) is 0 Å². The quantitative estimate of drug-likeness (QED) is 0.833. The van der Waals surface area contributed by atoms with E-state index in [1.165, 1.54) is 0 Å². The number of fused-ring (bicyclic) bond motifs is 1. The highest BCUT2D eigenvalue weighted by Gasteiger charge is 2.13. The second-order valence-corrected chi connectivity index (χ2v) is 7.30. The summed E-state index contributed by atoms with van der Waals surface area (Å²) >= 11 is 5.01. The van der Waals surface area contributed by atoms with E-state index in [4.69, 9.17) is 9.47 Å². The smallest absolute Gasteiger partial charge is 0.315 e. The number of benzene rings is 1. The van der Waals surface area contributed by atoms with Gasteiger partial charge in [0, 0.05) is 11.4 Å². The van der Waals surface area contributed by atoms with Gasteiger partial charge in [0.05, 0.1) is 10.3 Å². The van der Waals surface area contributed by atoms with E-state index in [1.54, 1.807) is 11.3 Å². The number of hydrogen-bond acceptors (Lipinski definition) is 4. The zero-order chi connectivity index (χ0) is 15.4. The molecule has 1 aromatic heterocycles. The average molecular weight is 383 g/mol. The van der Waals surface area contributed by atoms with Gasteiger partial charge in [0.1, 0.15) is 0 Å². The number of carbonyl (C=O) groups is 1. The van der Waals surface area contributed by atoms with E-state index in [-0.39, 0.29) is 12.8 Å². The fourth-order valence-corrected chi connectivity index (χ4v) is 3.52. The van der Waals surface area contributed by atoms with Crippen LogP contribution in [-0.2, 0) is 13.0 Å². The summed E-state index contributed by atoms with van der Waals surface area (Å²) in [5, 5.41) is 5.68. The second-order valence-electron chi connectivity index (χ2n) is 4.75. The van der Waals surface area contributed by atoms with Crippen LogP contribution < -0.4 is 20.1 Å². The summed E-state index contributed by atoms with van der Waals surface area (Å²) < 4.78 is 11.7. The van der Waals surface area contributed by atoms with Crippen molar-refractivity contribution in [1.82, 2.24) is 10.6 Å². The summed E-state index contributed by atoms with van der Waals surface area (Å²) in [6.07, 6.45) is 0.745. The molecule has 2 aromatic rings. The Morgan fingerprint density at radius 3 is 2.86 bits per heavy atom. The van der Waals surface area contributed by atoms with Crippen LogP contribution in [0.15, 0.2) is 34.1 Å². The van der Waals surface area contributed by atoms with E-state index in [0.29, 0.717) is 13.1 Å². The number of nitrogens with one attached hydrogen (secondary N) is 2. The van der Waals surface area contributed by atoms with Gasteiger partial charge in [0.2, 0.25) is 6.79 Å². The van der Waals surface area contributed by atoms with Crippen molar-refractivity contribution in [3.8, 4) is 11.5 Å². The molecule has 5 nitrogen and oxygen atoms in total. The lowest BCUT2D eigenvalue weighted by Gasteiger charge is -2.07. The molecule has 2 amide bonds. The maximum absolute atomic E-state index is 11.7. The first-order chi connectivity index (χ1) is 10.7. The number of thiophene rings is 1. The van der Waals surface area contributed by atoms with E-state index < -0.39 is 0 Å². The SMILES string of the molecule is O=C(NCCc1ccc2c(c1)OCO2)NCc1ccc(Br)s1. The van der Waals surface area contributed by atoms with Crippen LogP contribution in [0.5, 0.6) is 11.5 Å². The van der Waals surface area contributed by atoms with Crippen molar-refractivity contribution in [1.29, 1.82) is 0 Å². The minimum absolute atomic E-state index is 0.162. The van der Waals surface area contributed by atoms with Gasteiger partial charge in [-0.1, -0.05) is 6.07 Å². The lowest BCUT2D eigenvalue weighted by molar-refractivity contribution is 0.174. The van der Waals surface area contributed by atoms with Gasteiger partial charge in [0.15, 0.2) is 11.5 Å². The Balaban J connectivity index is 1.40. The topological polar surface area (TPSA) is 59.6 Å². The first kappa shape index (κ1) is 15.2. The zero-order valence-electron chi connectivity index (χ0n) is 11.7. The Kier molecular flexibility index (Phi) is 4.84. The highest BCUT2D eigenvalue weighted by Crippen LogP contribution is 2.32. The van der Waals surface area contributed by atoms with Gasteiger partial charge in [-0.2, -0.15) is 0 Å². The van der Waals surface area contributed by atoms with Crippen LogP contribution in [0.3, 0.4) is 0 Å². The van der Waals surface area contributed by atoms with Crippen LogP contribution in [-0.4, -0.2) is 19.4 Å². The number of ether oxygens (including phenoxy) is 2. The Labute approximate surface area is 140 Å². The van der Waals surface area contributed by atoms with E-state index in [9.17, 15) is 4.79 Å². The van der Waals surface area contributed by atoms with Crippen LogP contribution in [0.2, 0.25) is 0 Å². The summed E-state index contributed by atoms with van der Waals surface area (Å²) in [4.78, 5) is 12.8. The van der Waals surface area contributed by atoms with E-state index >= 15 is 0 Å². The van der Waals surface area contributed by atoms with Gasteiger partial charge in [-0.15, -0.1) is 11.3 Å². The van der Waals surface area contributed by atoms with Gasteiger partial charge in [-0.3, -0.25) is 0 Å². The standard InChI is InChI=1S/C15H15BrN2O3S/c16-14-4-2-11(22-14)8-18-15(19)17-6-5-10-1-3-12-13(7-10)21-9-20-12/h1-4,7H,5-6,8-9H2,(H2,17,18,19). The van der Waals surface area contributed by atoms with Crippen LogP contribution in [0, 0.1) is 0 Å². The maximum atomic E-state index is 11.7. The van der Waals surface area contributed by atoms with Crippen molar-refractivity contribution in [2.24, 2.45) is 0 Å². The molecule has 3 rings (SSSR count). The number of hydrogen-bond donors (Lipinski definition) is 2. The molecule has 0 unspecified atom stereocenters. The fraction of sp³-hybridized carbons (Fsp3) is 0.267. The van der Waals surface area contributed by atoms with Gasteiger partial charge >= 0.3 is 6.03 Å². The molecule has 1 aromatic carbocycles. The summed E-state index contributed by atoms with van der Waals surface area (Å²) in [6.45, 7) is 1.38. The summed E-state index contributed by atoms with van der Waals surface area (Å²) in [6, 6.07) is 9.62. The number of amides is 2. The van der Waals surface area contributed by atoms with E-state index in [1.807, 2.05) is 30.3 Å². The Bertz CT molecular complexity index is 675. The van der Waals surface area contributed by atoms with E-state index in [2.05, 4.69) is 26.6 Å². The molecule has 0 saturated heterocycles. The van der Waals surface area contributed by atoms with Crippen LogP contribution in [0.25, 0.3) is 0 Å². The number of urea groups is 1. The normalized spacial score (nSPS) is 12.2. The minimum atomic E-state index is -0.162. The molecule has 0 fully saturated rings. The average Bonchev–Trinajstić information content (AvgIpc) is 3.13. The Morgan fingerprint density at radius 1 is 1.18 bits per heavy atom. The molecule has 0 aliphatic carbocycles.